The van der Waals surface area contributed by atoms with Gasteiger partial charge in [0.15, 0.2) is 14.2 Å². The van der Waals surface area contributed by atoms with Gasteiger partial charge in [0.2, 0.25) is 0 Å². The van der Waals surface area contributed by atoms with Gasteiger partial charge in [-0.15, -0.1) is 0 Å². The molecule has 1 aromatic rings. The van der Waals surface area contributed by atoms with E-state index in [9.17, 15) is 4.91 Å². The topological polar surface area (TPSA) is 64.6 Å². The fourth-order valence-corrected chi connectivity index (χ4v) is 1.03. The van der Waals surface area contributed by atoms with E-state index < -0.39 is 0 Å². The van der Waals surface area contributed by atoms with Gasteiger partial charge in [-0.1, -0.05) is 30.3 Å². The summed E-state index contributed by atoms with van der Waals surface area (Å²) < 4.78 is 0. The zero-order chi connectivity index (χ0) is 12.2. The lowest BCUT2D eigenvalue weighted by atomic mass is 10.1. The van der Waals surface area contributed by atoms with Gasteiger partial charge >= 0.3 is 5.09 Å². The fraction of sp³-hybridized carbons (Fsp3) is 0.455. The first-order valence-electron chi connectivity index (χ1n) is 5.04. The van der Waals surface area contributed by atoms with Crippen LogP contribution in [0, 0.1) is 4.91 Å². The van der Waals surface area contributed by atoms with Crippen LogP contribution in [-0.4, -0.2) is 25.9 Å². The Labute approximate surface area is 95.6 Å². The average Bonchev–Trinajstić information content (AvgIpc) is 2.37. The molecule has 0 saturated carbocycles. The predicted molar refractivity (Wildman–Crippen MR) is 61.5 cm³/mol. The third kappa shape index (κ3) is 7.75. The Morgan fingerprint density at radius 3 is 2.12 bits per heavy atom. The van der Waals surface area contributed by atoms with Crippen LogP contribution in [0.1, 0.15) is 12.0 Å². The minimum Gasteiger partial charge on any atom is -0.330 e. The summed E-state index contributed by atoms with van der Waals surface area (Å²) in [5, 5.41) is 0. The molecule has 0 aliphatic rings. The molecule has 5 heteroatoms. The molecule has 0 saturated heterocycles. The summed E-state index contributed by atoms with van der Waals surface area (Å²) in [7, 11) is 2.44. The highest BCUT2D eigenvalue weighted by Gasteiger charge is 1.98. The van der Waals surface area contributed by atoms with Gasteiger partial charge in [-0.3, -0.25) is 0 Å². The van der Waals surface area contributed by atoms with Gasteiger partial charge in [0.25, 0.3) is 0 Å². The van der Waals surface area contributed by atoms with Crippen molar-refractivity contribution in [1.82, 2.24) is 0 Å². The molecule has 90 valence electrons. The van der Waals surface area contributed by atoms with Gasteiger partial charge in [-0.05, 0) is 24.9 Å². The summed E-state index contributed by atoms with van der Waals surface area (Å²) in [6, 6.07) is 10.4. The molecule has 0 radical (unpaired) electrons. The lowest BCUT2D eigenvalue weighted by molar-refractivity contribution is -0.972. The van der Waals surface area contributed by atoms with Gasteiger partial charge in [0.05, 0.1) is 0 Å². The molecule has 5 nitrogen and oxygen atoms in total. The molecule has 0 fully saturated rings. The van der Waals surface area contributed by atoms with E-state index in [1.165, 1.54) is 19.8 Å². The van der Waals surface area contributed by atoms with E-state index in [0.717, 1.165) is 19.4 Å². The maximum atomic E-state index is 9.65. The number of hydrogen-bond acceptors (Lipinski definition) is 4. The van der Waals surface area contributed by atoms with Crippen molar-refractivity contribution in [3.8, 4) is 0 Å². The molecule has 0 aromatic heterocycles. The van der Waals surface area contributed by atoms with Crippen molar-refractivity contribution in [2.24, 2.45) is 5.73 Å². The third-order valence-corrected chi connectivity index (χ3v) is 1.81. The Balaban J connectivity index is 0.000000325. The smallest absolute Gasteiger partial charge is 0.330 e. The van der Waals surface area contributed by atoms with Gasteiger partial charge in [0, 0.05) is 0 Å². The van der Waals surface area contributed by atoms with Crippen molar-refractivity contribution in [3.05, 3.63) is 40.8 Å². The standard InChI is InChI=1S/C9H13N.C2H6NO3/c10-8-4-7-9-5-2-1-3-6-9;1-5-3(4)6-2/h1-3,5-6H,4,7-8,10H2;1-2H3/q;+1. The number of nitrogens with zero attached hydrogens (tertiary/aromatic N) is 1. The number of nitrogens with two attached hydrogens (primary N) is 1. The molecule has 0 spiro atoms. The number of hydrogen-bond donors (Lipinski definition) is 1. The van der Waals surface area contributed by atoms with Gasteiger partial charge < -0.3 is 5.73 Å². The normalized spacial score (nSPS) is 8.69. The van der Waals surface area contributed by atoms with Crippen LogP contribution in [0.5, 0.6) is 0 Å². The second-order valence-corrected chi connectivity index (χ2v) is 2.97. The van der Waals surface area contributed by atoms with Crippen molar-refractivity contribution >= 4 is 0 Å². The number of rotatable bonds is 5. The molecule has 0 aliphatic heterocycles. The van der Waals surface area contributed by atoms with E-state index in [-0.39, 0.29) is 5.09 Å². The number of benzene rings is 1. The Morgan fingerprint density at radius 1 is 1.19 bits per heavy atom. The molecule has 2 N–H and O–H groups in total. The van der Waals surface area contributed by atoms with E-state index >= 15 is 0 Å². The van der Waals surface area contributed by atoms with E-state index in [1.807, 2.05) is 6.07 Å². The van der Waals surface area contributed by atoms with Crippen LogP contribution in [0.15, 0.2) is 30.3 Å². The first-order valence-corrected chi connectivity index (χ1v) is 5.04. The quantitative estimate of drug-likeness (QED) is 0.773. The zero-order valence-corrected chi connectivity index (χ0v) is 9.76. The minimum absolute atomic E-state index is 0. The van der Waals surface area contributed by atoms with Crippen molar-refractivity contribution in [1.29, 1.82) is 0 Å². The van der Waals surface area contributed by atoms with Crippen LogP contribution in [0.3, 0.4) is 0 Å². The van der Waals surface area contributed by atoms with Crippen molar-refractivity contribution in [2.45, 2.75) is 12.8 Å². The second kappa shape index (κ2) is 9.92. The summed E-state index contributed by atoms with van der Waals surface area (Å²) in [5.74, 6) is 0. The maximum Gasteiger partial charge on any atom is 0.476 e. The molecule has 1 aromatic carbocycles. The Morgan fingerprint density at radius 2 is 1.75 bits per heavy atom. The van der Waals surface area contributed by atoms with Crippen LogP contribution in [0.2, 0.25) is 0 Å². The molecule has 0 atom stereocenters. The fourth-order valence-electron chi connectivity index (χ4n) is 1.03. The van der Waals surface area contributed by atoms with E-state index in [0.29, 0.717) is 0 Å². The predicted octanol–water partition coefficient (Wildman–Crippen LogP) is 1.47. The van der Waals surface area contributed by atoms with Crippen LogP contribution >= 0.6 is 0 Å². The summed E-state index contributed by atoms with van der Waals surface area (Å²) >= 11 is 0. The van der Waals surface area contributed by atoms with Crippen LogP contribution < -0.4 is 5.73 Å². The van der Waals surface area contributed by atoms with Crippen LogP contribution in [0.25, 0.3) is 0 Å². The van der Waals surface area contributed by atoms with Crippen molar-refractivity contribution in [3.63, 3.8) is 0 Å². The summed E-state index contributed by atoms with van der Waals surface area (Å²) in [6.45, 7) is 0.787. The molecule has 1 rings (SSSR count). The second-order valence-electron chi connectivity index (χ2n) is 2.97. The van der Waals surface area contributed by atoms with Crippen molar-refractivity contribution in [2.75, 3.05) is 20.8 Å². The Kier molecular flexibility index (Phi) is 8.91. The molecular formula is C11H19N2O3+. The first-order chi connectivity index (χ1) is 7.74. The van der Waals surface area contributed by atoms with Gasteiger partial charge in [-0.2, -0.15) is 9.68 Å². The molecule has 0 unspecified atom stereocenters. The van der Waals surface area contributed by atoms with Crippen molar-refractivity contribution < 1.29 is 14.8 Å². The average molecular weight is 227 g/mol. The lowest BCUT2D eigenvalue weighted by Crippen LogP contribution is -2.02. The first kappa shape index (κ1) is 14.4. The highest BCUT2D eigenvalue weighted by atomic mass is 17.0. The summed E-state index contributed by atoms with van der Waals surface area (Å²) in [6.07, 6.45) is 2.20. The monoisotopic (exact) mass is 227 g/mol. The van der Waals surface area contributed by atoms with E-state index in [2.05, 4.69) is 33.9 Å². The Hall–Kier alpha value is -1.62. The van der Waals surface area contributed by atoms with Crippen LogP contribution in [0.4, 0.5) is 0 Å². The molecule has 0 amide bonds. The largest absolute Gasteiger partial charge is 0.476 e. The van der Waals surface area contributed by atoms with Gasteiger partial charge in [0.1, 0.15) is 4.91 Å². The van der Waals surface area contributed by atoms with E-state index in [4.69, 9.17) is 5.73 Å². The number of aryl methyl sites for hydroxylation is 1. The molecule has 0 bridgehead atoms. The molecule has 0 aliphatic carbocycles. The van der Waals surface area contributed by atoms with E-state index in [1.54, 1.807) is 0 Å². The molecule has 0 heterocycles. The third-order valence-electron chi connectivity index (χ3n) is 1.81. The highest BCUT2D eigenvalue weighted by molar-refractivity contribution is 5.14. The molecule has 16 heavy (non-hydrogen) atoms. The lowest BCUT2D eigenvalue weighted by Gasteiger charge is -1.96. The summed E-state index contributed by atoms with van der Waals surface area (Å²) in [4.78, 5) is 17.6. The van der Waals surface area contributed by atoms with Crippen LogP contribution in [-0.2, 0) is 16.1 Å². The zero-order valence-electron chi connectivity index (χ0n) is 9.76. The minimum atomic E-state index is 0. The molecular weight excluding hydrogens is 208 g/mol. The SMILES string of the molecule is CO[N+](=O)OC.NCCCc1ccccc1. The maximum absolute atomic E-state index is 9.65. The summed E-state index contributed by atoms with van der Waals surface area (Å²) in [5.41, 5.74) is 6.76. The Bertz CT molecular complexity index is 272. The van der Waals surface area contributed by atoms with Gasteiger partial charge in [-0.25, -0.2) is 0 Å². The highest BCUT2D eigenvalue weighted by Crippen LogP contribution is 2.00.